The summed E-state index contributed by atoms with van der Waals surface area (Å²) in [6, 6.07) is 3.41. The minimum atomic E-state index is -2.70. The Balaban J connectivity index is 1.80. The molecule has 2 saturated heterocycles. The van der Waals surface area contributed by atoms with Crippen molar-refractivity contribution in [3.8, 4) is 0 Å². The molecule has 22 heavy (non-hydrogen) atoms. The molecule has 0 radical (unpaired) electrons. The van der Waals surface area contributed by atoms with Gasteiger partial charge in [-0.1, -0.05) is 0 Å². The zero-order valence-electron chi connectivity index (χ0n) is 11.8. The van der Waals surface area contributed by atoms with E-state index < -0.39 is 11.8 Å². The first-order chi connectivity index (χ1) is 10.2. The first-order valence-corrected chi connectivity index (χ1v) is 7.92. The smallest absolute Gasteiger partial charge is 0.266 e. The molecule has 3 heterocycles. The Morgan fingerprint density at radius 2 is 1.73 bits per heavy atom. The summed E-state index contributed by atoms with van der Waals surface area (Å²) >= 11 is 3.25. The molecule has 8 heteroatoms. The van der Waals surface area contributed by atoms with Crippen molar-refractivity contribution in [3.63, 3.8) is 0 Å². The maximum absolute atomic E-state index is 13.4. The highest BCUT2D eigenvalue weighted by Crippen LogP contribution is 2.34. The van der Waals surface area contributed by atoms with Gasteiger partial charge in [0.1, 0.15) is 4.60 Å². The number of pyridine rings is 1. The molecule has 2 aliphatic rings. The van der Waals surface area contributed by atoms with Gasteiger partial charge in [0.05, 0.1) is 24.5 Å². The molecule has 0 aliphatic carbocycles. The molecule has 0 unspecified atom stereocenters. The van der Waals surface area contributed by atoms with E-state index in [0.717, 1.165) is 0 Å². The van der Waals surface area contributed by atoms with Gasteiger partial charge in [0, 0.05) is 32.5 Å². The second kappa shape index (κ2) is 5.63. The number of hydrogen-bond acceptors (Lipinski definition) is 3. The molecule has 2 fully saturated rings. The topological polar surface area (TPSA) is 19.4 Å². The number of nitrogens with zero attached hydrogens (tertiary/aromatic N) is 3. The second-order valence-electron chi connectivity index (χ2n) is 5.94. The summed E-state index contributed by atoms with van der Waals surface area (Å²) in [7, 11) is 0. The quantitative estimate of drug-likeness (QED) is 0.589. The number of halogens is 5. The SMILES string of the molecule is FC1(F)CCN(Cc2nc(Br)ccc2N2CCC(F)(F)C2)C1. The Kier molecular flexibility index (Phi) is 4.09. The lowest BCUT2D eigenvalue weighted by Gasteiger charge is -2.23. The molecule has 0 atom stereocenters. The molecular weight excluding hydrogens is 366 g/mol. The third kappa shape index (κ3) is 3.53. The molecule has 1 aromatic rings. The summed E-state index contributed by atoms with van der Waals surface area (Å²) in [6.07, 6.45) is -0.359. The predicted octanol–water partition coefficient (Wildman–Crippen LogP) is 3.53. The summed E-state index contributed by atoms with van der Waals surface area (Å²) in [5, 5.41) is 0. The summed E-state index contributed by atoms with van der Waals surface area (Å²) in [6.45, 7) is 0.124. The van der Waals surface area contributed by atoms with E-state index in [0.29, 0.717) is 16.0 Å². The fraction of sp³-hybridized carbons (Fsp3) is 0.643. The van der Waals surface area contributed by atoms with Gasteiger partial charge in [-0.25, -0.2) is 22.5 Å². The number of rotatable bonds is 3. The van der Waals surface area contributed by atoms with Crippen molar-refractivity contribution in [2.45, 2.75) is 31.2 Å². The number of alkyl halides is 4. The maximum atomic E-state index is 13.4. The highest BCUT2D eigenvalue weighted by Gasteiger charge is 2.40. The van der Waals surface area contributed by atoms with E-state index in [4.69, 9.17) is 0 Å². The van der Waals surface area contributed by atoms with Gasteiger partial charge in [-0.15, -0.1) is 0 Å². The van der Waals surface area contributed by atoms with Gasteiger partial charge in [-0.05, 0) is 28.1 Å². The predicted molar refractivity (Wildman–Crippen MR) is 78.6 cm³/mol. The minimum Gasteiger partial charge on any atom is -0.364 e. The van der Waals surface area contributed by atoms with Crippen LogP contribution in [0.2, 0.25) is 0 Å². The molecule has 0 amide bonds. The van der Waals surface area contributed by atoms with Gasteiger partial charge in [0.15, 0.2) is 0 Å². The summed E-state index contributed by atoms with van der Waals surface area (Å²) in [5.74, 6) is -5.38. The average Bonchev–Trinajstić information content (AvgIpc) is 2.92. The number of anilines is 1. The van der Waals surface area contributed by atoms with Crippen LogP contribution in [0.5, 0.6) is 0 Å². The lowest BCUT2D eigenvalue weighted by Crippen LogP contribution is -2.29. The van der Waals surface area contributed by atoms with Crippen LogP contribution in [-0.2, 0) is 6.54 Å². The Morgan fingerprint density at radius 3 is 2.32 bits per heavy atom. The van der Waals surface area contributed by atoms with Crippen molar-refractivity contribution >= 4 is 21.6 Å². The molecule has 0 spiro atoms. The molecule has 0 aromatic carbocycles. The zero-order chi connectivity index (χ0) is 16.0. The van der Waals surface area contributed by atoms with Gasteiger partial charge in [0.2, 0.25) is 0 Å². The number of hydrogen-bond donors (Lipinski definition) is 0. The number of likely N-dealkylation sites (tertiary alicyclic amines) is 1. The zero-order valence-corrected chi connectivity index (χ0v) is 13.4. The molecule has 3 nitrogen and oxygen atoms in total. The normalized spacial score (nSPS) is 24.1. The number of aromatic nitrogens is 1. The standard InChI is InChI=1S/C14H16BrF4N3/c15-12-2-1-11(22-6-4-14(18,19)9-22)10(20-12)7-21-5-3-13(16,17)8-21/h1-2H,3-9H2. The van der Waals surface area contributed by atoms with E-state index >= 15 is 0 Å². The molecule has 0 N–H and O–H groups in total. The maximum Gasteiger partial charge on any atom is 0.266 e. The first kappa shape index (κ1) is 16.0. The Hall–Kier alpha value is -0.890. The largest absolute Gasteiger partial charge is 0.364 e. The van der Waals surface area contributed by atoms with Crippen LogP contribution in [0.4, 0.5) is 23.2 Å². The van der Waals surface area contributed by atoms with Gasteiger partial charge < -0.3 is 4.90 Å². The average molecular weight is 382 g/mol. The molecule has 1 aromatic heterocycles. The molecule has 0 saturated carbocycles. The van der Waals surface area contributed by atoms with E-state index in [1.807, 2.05) is 0 Å². The fourth-order valence-electron chi connectivity index (χ4n) is 2.97. The molecular formula is C14H16BrF4N3. The van der Waals surface area contributed by atoms with Crippen molar-refractivity contribution in [2.75, 3.05) is 31.1 Å². The first-order valence-electron chi connectivity index (χ1n) is 7.13. The van der Waals surface area contributed by atoms with Crippen molar-refractivity contribution in [3.05, 3.63) is 22.4 Å². The van der Waals surface area contributed by atoms with E-state index in [-0.39, 0.29) is 45.6 Å². The van der Waals surface area contributed by atoms with E-state index in [9.17, 15) is 17.6 Å². The van der Waals surface area contributed by atoms with Gasteiger partial charge in [-0.2, -0.15) is 0 Å². The van der Waals surface area contributed by atoms with Gasteiger partial charge >= 0.3 is 0 Å². The van der Waals surface area contributed by atoms with Gasteiger partial charge in [0.25, 0.3) is 11.8 Å². The lowest BCUT2D eigenvalue weighted by atomic mass is 10.2. The monoisotopic (exact) mass is 381 g/mol. The molecule has 0 bridgehead atoms. The van der Waals surface area contributed by atoms with E-state index in [1.54, 1.807) is 21.9 Å². The van der Waals surface area contributed by atoms with Crippen molar-refractivity contribution < 1.29 is 17.6 Å². The van der Waals surface area contributed by atoms with Crippen LogP contribution < -0.4 is 4.90 Å². The summed E-state index contributed by atoms with van der Waals surface area (Å²) in [4.78, 5) is 7.52. The van der Waals surface area contributed by atoms with Crippen LogP contribution in [0.3, 0.4) is 0 Å². The van der Waals surface area contributed by atoms with Crippen LogP contribution in [-0.4, -0.2) is 47.9 Å². The van der Waals surface area contributed by atoms with Crippen LogP contribution in [0.1, 0.15) is 18.5 Å². The van der Waals surface area contributed by atoms with Crippen molar-refractivity contribution in [1.82, 2.24) is 9.88 Å². The van der Waals surface area contributed by atoms with Crippen molar-refractivity contribution in [1.29, 1.82) is 0 Å². The van der Waals surface area contributed by atoms with Crippen LogP contribution in [0.15, 0.2) is 16.7 Å². The minimum absolute atomic E-state index is 0.169. The van der Waals surface area contributed by atoms with Gasteiger partial charge in [-0.3, -0.25) is 4.90 Å². The van der Waals surface area contributed by atoms with Crippen LogP contribution in [0.25, 0.3) is 0 Å². The Bertz CT molecular complexity index is 567. The molecule has 122 valence electrons. The van der Waals surface area contributed by atoms with E-state index in [2.05, 4.69) is 20.9 Å². The van der Waals surface area contributed by atoms with Crippen LogP contribution in [0, 0.1) is 0 Å². The molecule has 2 aliphatic heterocycles. The Labute approximate surface area is 134 Å². The highest BCUT2D eigenvalue weighted by molar-refractivity contribution is 9.10. The Morgan fingerprint density at radius 1 is 1.05 bits per heavy atom. The summed E-state index contributed by atoms with van der Waals surface area (Å²) < 4.78 is 54.0. The van der Waals surface area contributed by atoms with Crippen molar-refractivity contribution in [2.24, 2.45) is 0 Å². The molecule has 3 rings (SSSR count). The van der Waals surface area contributed by atoms with E-state index in [1.165, 1.54) is 0 Å². The third-order valence-corrected chi connectivity index (χ3v) is 4.49. The lowest BCUT2D eigenvalue weighted by molar-refractivity contribution is 0.0114. The third-order valence-electron chi connectivity index (χ3n) is 4.05. The summed E-state index contributed by atoms with van der Waals surface area (Å²) in [5.41, 5.74) is 1.17. The van der Waals surface area contributed by atoms with Crippen LogP contribution >= 0.6 is 15.9 Å². The second-order valence-corrected chi connectivity index (χ2v) is 6.76. The highest BCUT2D eigenvalue weighted by atomic mass is 79.9. The fourth-order valence-corrected chi connectivity index (χ4v) is 3.31.